The third-order valence-corrected chi connectivity index (χ3v) is 5.19. The molecule has 2 rings (SSSR count). The number of aliphatic imine (C=N–C) groups is 1. The third-order valence-electron chi connectivity index (χ3n) is 5.19. The van der Waals surface area contributed by atoms with Crippen molar-refractivity contribution in [2.24, 2.45) is 16.8 Å². The van der Waals surface area contributed by atoms with Crippen LogP contribution in [0.2, 0.25) is 0 Å². The van der Waals surface area contributed by atoms with Crippen LogP contribution in [0.1, 0.15) is 55.5 Å². The number of amides is 1. The van der Waals surface area contributed by atoms with Crippen LogP contribution in [0.5, 0.6) is 0 Å². The second-order valence-corrected chi connectivity index (χ2v) is 7.46. The third kappa shape index (κ3) is 6.04. The number of guanidine groups is 1. The van der Waals surface area contributed by atoms with Crippen LogP contribution in [-0.2, 0) is 6.54 Å². The minimum absolute atomic E-state index is 0.0635. The van der Waals surface area contributed by atoms with Gasteiger partial charge in [-0.25, -0.2) is 4.99 Å². The Morgan fingerprint density at radius 3 is 2.65 bits per heavy atom. The summed E-state index contributed by atoms with van der Waals surface area (Å²) >= 11 is 0. The molecular weight excluding hydrogens is 324 g/mol. The zero-order valence-electron chi connectivity index (χ0n) is 16.7. The fourth-order valence-corrected chi connectivity index (χ4v) is 3.58. The first kappa shape index (κ1) is 20.3. The topological polar surface area (TPSA) is 56.7 Å². The number of nitrogens with one attached hydrogen (secondary N) is 2. The molecule has 0 atom stereocenters. The SMILES string of the molecule is CCNC(=NCc1cccc(C(=O)NC)c1)N(C)CC1CCC(C)CC1. The largest absolute Gasteiger partial charge is 0.357 e. The Labute approximate surface area is 158 Å². The molecule has 1 aliphatic carbocycles. The molecule has 2 N–H and O–H groups in total. The van der Waals surface area contributed by atoms with Crippen molar-refractivity contribution in [2.75, 3.05) is 27.2 Å². The van der Waals surface area contributed by atoms with E-state index in [0.29, 0.717) is 12.1 Å². The van der Waals surface area contributed by atoms with Gasteiger partial charge in [-0.3, -0.25) is 4.79 Å². The van der Waals surface area contributed by atoms with Crippen molar-refractivity contribution in [1.29, 1.82) is 0 Å². The van der Waals surface area contributed by atoms with E-state index >= 15 is 0 Å². The predicted octanol–water partition coefficient (Wildman–Crippen LogP) is 3.27. The van der Waals surface area contributed by atoms with Gasteiger partial charge < -0.3 is 15.5 Å². The average Bonchev–Trinajstić information content (AvgIpc) is 2.66. The summed E-state index contributed by atoms with van der Waals surface area (Å²) in [4.78, 5) is 18.8. The maximum atomic E-state index is 11.8. The van der Waals surface area contributed by atoms with E-state index in [1.165, 1.54) is 25.7 Å². The van der Waals surface area contributed by atoms with Crippen molar-refractivity contribution >= 4 is 11.9 Å². The number of hydrogen-bond acceptors (Lipinski definition) is 2. The quantitative estimate of drug-likeness (QED) is 0.606. The predicted molar refractivity (Wildman–Crippen MR) is 108 cm³/mol. The van der Waals surface area contributed by atoms with Gasteiger partial charge in [-0.05, 0) is 49.3 Å². The van der Waals surface area contributed by atoms with Crippen LogP contribution >= 0.6 is 0 Å². The van der Waals surface area contributed by atoms with Crippen LogP contribution in [0.4, 0.5) is 0 Å². The second-order valence-electron chi connectivity index (χ2n) is 7.46. The fraction of sp³-hybridized carbons (Fsp3) is 0.619. The van der Waals surface area contributed by atoms with Gasteiger partial charge in [0, 0.05) is 32.7 Å². The van der Waals surface area contributed by atoms with Gasteiger partial charge in [0.15, 0.2) is 5.96 Å². The van der Waals surface area contributed by atoms with Gasteiger partial charge >= 0.3 is 0 Å². The molecule has 1 saturated carbocycles. The number of nitrogens with zero attached hydrogens (tertiary/aromatic N) is 2. The molecule has 0 aromatic heterocycles. The van der Waals surface area contributed by atoms with Gasteiger partial charge in [-0.15, -0.1) is 0 Å². The summed E-state index contributed by atoms with van der Waals surface area (Å²) in [6, 6.07) is 7.67. The first-order chi connectivity index (χ1) is 12.5. The molecule has 1 aliphatic rings. The molecule has 5 heteroatoms. The van der Waals surface area contributed by atoms with Crippen molar-refractivity contribution in [1.82, 2.24) is 15.5 Å². The molecule has 0 aliphatic heterocycles. The lowest BCUT2D eigenvalue weighted by Gasteiger charge is -2.31. The Morgan fingerprint density at radius 2 is 2.00 bits per heavy atom. The van der Waals surface area contributed by atoms with Gasteiger partial charge in [-0.2, -0.15) is 0 Å². The minimum Gasteiger partial charge on any atom is -0.357 e. The lowest BCUT2D eigenvalue weighted by molar-refractivity contribution is 0.0963. The normalized spacial score (nSPS) is 20.5. The molecule has 0 bridgehead atoms. The van der Waals surface area contributed by atoms with Gasteiger partial charge in [0.05, 0.1) is 6.54 Å². The monoisotopic (exact) mass is 358 g/mol. The number of carbonyl (C=O) groups is 1. The summed E-state index contributed by atoms with van der Waals surface area (Å²) in [6.07, 6.45) is 5.33. The zero-order chi connectivity index (χ0) is 18.9. The van der Waals surface area contributed by atoms with Crippen molar-refractivity contribution in [3.8, 4) is 0 Å². The highest BCUT2D eigenvalue weighted by Crippen LogP contribution is 2.28. The van der Waals surface area contributed by atoms with E-state index < -0.39 is 0 Å². The molecule has 1 amide bonds. The summed E-state index contributed by atoms with van der Waals surface area (Å²) in [5.74, 6) is 2.52. The second kappa shape index (κ2) is 10.2. The van der Waals surface area contributed by atoms with E-state index in [2.05, 4.69) is 36.4 Å². The smallest absolute Gasteiger partial charge is 0.251 e. The van der Waals surface area contributed by atoms with E-state index in [0.717, 1.165) is 36.4 Å². The number of benzene rings is 1. The van der Waals surface area contributed by atoms with Gasteiger partial charge in [-0.1, -0.05) is 31.9 Å². The van der Waals surface area contributed by atoms with Crippen LogP contribution in [0.25, 0.3) is 0 Å². The fourth-order valence-electron chi connectivity index (χ4n) is 3.58. The molecule has 0 saturated heterocycles. The first-order valence-electron chi connectivity index (χ1n) is 9.84. The van der Waals surface area contributed by atoms with Crippen LogP contribution in [0.15, 0.2) is 29.3 Å². The average molecular weight is 359 g/mol. The summed E-state index contributed by atoms with van der Waals surface area (Å²) in [5, 5.41) is 6.06. The van der Waals surface area contributed by atoms with Crippen LogP contribution in [-0.4, -0.2) is 44.0 Å². The van der Waals surface area contributed by atoms with E-state index in [1.807, 2.05) is 24.3 Å². The molecule has 1 aromatic rings. The molecule has 0 heterocycles. The Balaban J connectivity index is 2.00. The molecule has 5 nitrogen and oxygen atoms in total. The standard InChI is InChI=1S/C21H34N4O/c1-5-23-21(25(4)15-17-11-9-16(2)10-12-17)24-14-18-7-6-8-19(13-18)20(26)22-3/h6-8,13,16-17H,5,9-12,14-15H2,1-4H3,(H,22,26)(H,23,24). The van der Waals surface area contributed by atoms with E-state index in [4.69, 9.17) is 4.99 Å². The van der Waals surface area contributed by atoms with Crippen LogP contribution in [0.3, 0.4) is 0 Å². The van der Waals surface area contributed by atoms with Gasteiger partial charge in [0.25, 0.3) is 5.91 Å². The highest BCUT2D eigenvalue weighted by atomic mass is 16.1. The lowest BCUT2D eigenvalue weighted by atomic mass is 9.83. The number of carbonyl (C=O) groups excluding carboxylic acids is 1. The summed E-state index contributed by atoms with van der Waals surface area (Å²) in [7, 11) is 3.78. The Kier molecular flexibility index (Phi) is 7.95. The zero-order valence-corrected chi connectivity index (χ0v) is 16.7. The Hall–Kier alpha value is -2.04. The number of hydrogen-bond donors (Lipinski definition) is 2. The lowest BCUT2D eigenvalue weighted by Crippen LogP contribution is -2.41. The molecule has 144 valence electrons. The van der Waals surface area contributed by atoms with Crippen molar-refractivity contribution in [2.45, 2.75) is 46.1 Å². The van der Waals surface area contributed by atoms with Crippen molar-refractivity contribution in [3.05, 3.63) is 35.4 Å². The summed E-state index contributed by atoms with van der Waals surface area (Å²) in [5.41, 5.74) is 1.72. The van der Waals surface area contributed by atoms with Gasteiger partial charge in [0.2, 0.25) is 0 Å². The van der Waals surface area contributed by atoms with Crippen LogP contribution < -0.4 is 10.6 Å². The molecule has 1 fully saturated rings. The Morgan fingerprint density at radius 1 is 1.27 bits per heavy atom. The highest BCUT2D eigenvalue weighted by Gasteiger charge is 2.20. The van der Waals surface area contributed by atoms with E-state index in [1.54, 1.807) is 7.05 Å². The molecule has 0 spiro atoms. The maximum Gasteiger partial charge on any atom is 0.251 e. The van der Waals surface area contributed by atoms with E-state index in [-0.39, 0.29) is 5.91 Å². The maximum absolute atomic E-state index is 11.8. The van der Waals surface area contributed by atoms with Crippen LogP contribution in [0, 0.1) is 11.8 Å². The molecular formula is C21H34N4O. The van der Waals surface area contributed by atoms with Crippen molar-refractivity contribution in [3.63, 3.8) is 0 Å². The summed E-state index contributed by atoms with van der Waals surface area (Å²) < 4.78 is 0. The number of rotatable bonds is 6. The molecule has 1 aromatic carbocycles. The van der Waals surface area contributed by atoms with Gasteiger partial charge in [0.1, 0.15) is 0 Å². The first-order valence-corrected chi connectivity index (χ1v) is 9.84. The Bertz CT molecular complexity index is 606. The summed E-state index contributed by atoms with van der Waals surface area (Å²) in [6.45, 7) is 6.93. The molecule has 0 radical (unpaired) electrons. The van der Waals surface area contributed by atoms with E-state index in [9.17, 15) is 4.79 Å². The minimum atomic E-state index is -0.0635. The highest BCUT2D eigenvalue weighted by molar-refractivity contribution is 5.94. The molecule has 0 unspecified atom stereocenters. The molecule has 26 heavy (non-hydrogen) atoms. The van der Waals surface area contributed by atoms with Crippen molar-refractivity contribution < 1.29 is 4.79 Å².